The van der Waals surface area contributed by atoms with Crippen LogP contribution < -0.4 is 5.73 Å². The number of hydrogen-bond donors (Lipinski definition) is 1. The molecule has 0 aliphatic carbocycles. The SMILES string of the molecule is Nc1cncc(C(F)F)c1C=O. The summed E-state index contributed by atoms with van der Waals surface area (Å²) in [7, 11) is 0. The summed E-state index contributed by atoms with van der Waals surface area (Å²) in [5, 5.41) is 0. The van der Waals surface area contributed by atoms with E-state index >= 15 is 0 Å². The Labute approximate surface area is 67.2 Å². The normalized spacial score (nSPS) is 10.2. The number of nitrogen functional groups attached to an aromatic ring is 1. The summed E-state index contributed by atoms with van der Waals surface area (Å²) in [6.45, 7) is 0. The number of aromatic nitrogens is 1. The Morgan fingerprint density at radius 1 is 1.50 bits per heavy atom. The van der Waals surface area contributed by atoms with Crippen LogP contribution in [0, 0.1) is 0 Å². The molecule has 2 N–H and O–H groups in total. The maximum atomic E-state index is 12.1. The van der Waals surface area contributed by atoms with E-state index in [2.05, 4.69) is 4.98 Å². The van der Waals surface area contributed by atoms with E-state index in [1.165, 1.54) is 0 Å². The molecular formula is C7H6F2N2O. The number of nitrogens with two attached hydrogens (primary N) is 1. The lowest BCUT2D eigenvalue weighted by Gasteiger charge is -2.03. The molecule has 12 heavy (non-hydrogen) atoms. The van der Waals surface area contributed by atoms with Gasteiger partial charge >= 0.3 is 0 Å². The van der Waals surface area contributed by atoms with Crippen LogP contribution in [-0.2, 0) is 0 Å². The fraction of sp³-hybridized carbons (Fsp3) is 0.143. The van der Waals surface area contributed by atoms with Crippen molar-refractivity contribution in [2.75, 3.05) is 5.73 Å². The highest BCUT2D eigenvalue weighted by Gasteiger charge is 2.14. The summed E-state index contributed by atoms with van der Waals surface area (Å²) in [6.07, 6.45) is -0.319. The second-order valence-corrected chi connectivity index (χ2v) is 2.15. The van der Waals surface area contributed by atoms with Crippen LogP contribution in [0.4, 0.5) is 14.5 Å². The van der Waals surface area contributed by atoms with Gasteiger partial charge in [0.25, 0.3) is 6.43 Å². The number of rotatable bonds is 2. The summed E-state index contributed by atoms with van der Waals surface area (Å²) >= 11 is 0. The summed E-state index contributed by atoms with van der Waals surface area (Å²) in [5.74, 6) is 0. The van der Waals surface area contributed by atoms with Gasteiger partial charge in [-0.15, -0.1) is 0 Å². The van der Waals surface area contributed by atoms with E-state index < -0.39 is 12.0 Å². The first-order valence-corrected chi connectivity index (χ1v) is 3.13. The molecule has 5 heteroatoms. The van der Waals surface area contributed by atoms with Gasteiger partial charge in [0.2, 0.25) is 0 Å². The molecule has 0 spiro atoms. The van der Waals surface area contributed by atoms with E-state index in [9.17, 15) is 13.6 Å². The van der Waals surface area contributed by atoms with E-state index in [-0.39, 0.29) is 11.3 Å². The smallest absolute Gasteiger partial charge is 0.266 e. The standard InChI is InChI=1S/C7H6F2N2O/c8-7(9)4-1-11-2-6(10)5(4)3-12/h1-3,7H,10H2. The minimum absolute atomic E-state index is 0.0252. The Bertz CT molecular complexity index is 301. The second-order valence-electron chi connectivity index (χ2n) is 2.15. The predicted molar refractivity (Wildman–Crippen MR) is 39.0 cm³/mol. The van der Waals surface area contributed by atoms with Gasteiger partial charge in [-0.2, -0.15) is 0 Å². The predicted octanol–water partition coefficient (Wildman–Crippen LogP) is 1.41. The molecule has 1 heterocycles. The van der Waals surface area contributed by atoms with Crippen molar-refractivity contribution in [3.05, 3.63) is 23.5 Å². The summed E-state index contributed by atoms with van der Waals surface area (Å²) < 4.78 is 24.3. The third-order valence-electron chi connectivity index (χ3n) is 1.40. The highest BCUT2D eigenvalue weighted by Crippen LogP contribution is 2.23. The monoisotopic (exact) mass is 172 g/mol. The van der Waals surface area contributed by atoms with E-state index in [0.717, 1.165) is 12.4 Å². The number of anilines is 1. The molecular weight excluding hydrogens is 166 g/mol. The highest BCUT2D eigenvalue weighted by molar-refractivity contribution is 5.84. The zero-order valence-electron chi connectivity index (χ0n) is 6.00. The van der Waals surface area contributed by atoms with Crippen LogP contribution in [0.25, 0.3) is 0 Å². The first-order chi connectivity index (χ1) is 5.66. The Hall–Kier alpha value is -1.52. The van der Waals surface area contributed by atoms with Crippen molar-refractivity contribution in [2.24, 2.45) is 0 Å². The number of halogens is 2. The number of carbonyl (C=O) groups is 1. The number of pyridine rings is 1. The third kappa shape index (κ3) is 1.39. The number of nitrogens with zero attached hydrogens (tertiary/aromatic N) is 1. The van der Waals surface area contributed by atoms with Crippen molar-refractivity contribution in [2.45, 2.75) is 6.43 Å². The molecule has 0 fully saturated rings. The average molecular weight is 172 g/mol. The fourth-order valence-corrected chi connectivity index (χ4v) is 0.814. The van der Waals surface area contributed by atoms with Crippen LogP contribution in [0.5, 0.6) is 0 Å². The van der Waals surface area contributed by atoms with Crippen LogP contribution in [0.15, 0.2) is 12.4 Å². The van der Waals surface area contributed by atoms with Crippen molar-refractivity contribution in [1.82, 2.24) is 4.98 Å². The third-order valence-corrected chi connectivity index (χ3v) is 1.40. The largest absolute Gasteiger partial charge is 0.397 e. The Balaban J connectivity index is 3.27. The van der Waals surface area contributed by atoms with Crippen LogP contribution in [0.3, 0.4) is 0 Å². The molecule has 3 nitrogen and oxygen atoms in total. The maximum absolute atomic E-state index is 12.1. The van der Waals surface area contributed by atoms with Gasteiger partial charge in [0.05, 0.1) is 11.9 Å². The van der Waals surface area contributed by atoms with Gasteiger partial charge in [0.15, 0.2) is 6.29 Å². The van der Waals surface area contributed by atoms with Gasteiger partial charge < -0.3 is 5.73 Å². The molecule has 0 unspecified atom stereocenters. The molecule has 0 aromatic carbocycles. The minimum Gasteiger partial charge on any atom is -0.397 e. The molecule has 64 valence electrons. The highest BCUT2D eigenvalue weighted by atomic mass is 19.3. The summed E-state index contributed by atoms with van der Waals surface area (Å²) in [5.41, 5.74) is 4.61. The lowest BCUT2D eigenvalue weighted by atomic mass is 10.1. The summed E-state index contributed by atoms with van der Waals surface area (Å²) in [4.78, 5) is 13.8. The molecule has 0 amide bonds. The molecule has 0 aliphatic rings. The van der Waals surface area contributed by atoms with Crippen molar-refractivity contribution in [1.29, 1.82) is 0 Å². The Kier molecular flexibility index (Phi) is 2.32. The van der Waals surface area contributed by atoms with Gasteiger partial charge in [-0.1, -0.05) is 0 Å². The first-order valence-electron chi connectivity index (χ1n) is 3.13. The van der Waals surface area contributed by atoms with Crippen molar-refractivity contribution < 1.29 is 13.6 Å². The second kappa shape index (κ2) is 3.25. The fourth-order valence-electron chi connectivity index (χ4n) is 0.814. The van der Waals surface area contributed by atoms with Crippen LogP contribution >= 0.6 is 0 Å². The molecule has 1 rings (SSSR count). The first kappa shape index (κ1) is 8.58. The number of carbonyl (C=O) groups excluding carboxylic acids is 1. The molecule has 1 aromatic heterocycles. The number of aldehydes is 1. The molecule has 1 aromatic rings. The van der Waals surface area contributed by atoms with Crippen molar-refractivity contribution in [3.8, 4) is 0 Å². The van der Waals surface area contributed by atoms with E-state index in [4.69, 9.17) is 5.73 Å². The van der Waals surface area contributed by atoms with Gasteiger partial charge in [-0.05, 0) is 0 Å². The van der Waals surface area contributed by atoms with Crippen LogP contribution in [0.1, 0.15) is 22.3 Å². The van der Waals surface area contributed by atoms with Crippen LogP contribution in [0.2, 0.25) is 0 Å². The molecule has 0 saturated heterocycles. The molecule has 0 atom stereocenters. The van der Waals surface area contributed by atoms with Gasteiger partial charge in [0.1, 0.15) is 0 Å². The summed E-state index contributed by atoms with van der Waals surface area (Å²) in [6, 6.07) is 0. The van der Waals surface area contributed by atoms with Crippen molar-refractivity contribution in [3.63, 3.8) is 0 Å². The van der Waals surface area contributed by atoms with E-state index in [1.807, 2.05) is 0 Å². The zero-order valence-corrected chi connectivity index (χ0v) is 6.00. The quantitative estimate of drug-likeness (QED) is 0.686. The van der Waals surface area contributed by atoms with Crippen molar-refractivity contribution >= 4 is 12.0 Å². The number of alkyl halides is 2. The molecule has 0 saturated carbocycles. The Morgan fingerprint density at radius 3 is 2.58 bits per heavy atom. The zero-order chi connectivity index (χ0) is 9.14. The maximum Gasteiger partial charge on any atom is 0.266 e. The van der Waals surface area contributed by atoms with Gasteiger partial charge in [0, 0.05) is 17.3 Å². The topological polar surface area (TPSA) is 56.0 Å². The lowest BCUT2D eigenvalue weighted by molar-refractivity contribution is 0.110. The van der Waals surface area contributed by atoms with Gasteiger partial charge in [-0.25, -0.2) is 8.78 Å². The number of hydrogen-bond acceptors (Lipinski definition) is 3. The molecule has 0 bridgehead atoms. The average Bonchev–Trinajstić information content (AvgIpc) is 2.03. The van der Waals surface area contributed by atoms with E-state index in [0.29, 0.717) is 6.29 Å². The van der Waals surface area contributed by atoms with Crippen LogP contribution in [-0.4, -0.2) is 11.3 Å². The van der Waals surface area contributed by atoms with Gasteiger partial charge in [-0.3, -0.25) is 9.78 Å². The molecule has 0 aliphatic heterocycles. The lowest BCUT2D eigenvalue weighted by Crippen LogP contribution is -2.00. The van der Waals surface area contributed by atoms with E-state index in [1.54, 1.807) is 0 Å². The molecule has 0 radical (unpaired) electrons. The Morgan fingerprint density at radius 2 is 2.17 bits per heavy atom. The minimum atomic E-state index is -2.72.